The lowest BCUT2D eigenvalue weighted by molar-refractivity contribution is -0.116. The fraction of sp³-hybridized carbons (Fsp3) is 0.429. The number of aromatic nitrogens is 1. The third-order valence-corrected chi connectivity index (χ3v) is 4.34. The molecule has 0 unspecified atom stereocenters. The molecule has 1 aliphatic carbocycles. The van der Waals surface area contributed by atoms with Crippen LogP contribution in [0.15, 0.2) is 22.8 Å². The zero-order valence-corrected chi connectivity index (χ0v) is 11.5. The Kier molecular flexibility index (Phi) is 3.64. The van der Waals surface area contributed by atoms with Crippen LogP contribution in [0.1, 0.15) is 35.6 Å². The number of anilines is 1. The molecule has 100 valence electrons. The van der Waals surface area contributed by atoms with Gasteiger partial charge in [0.25, 0.3) is 0 Å². The molecular weight excluding hydrogens is 260 g/mol. The molecule has 0 aromatic carbocycles. The Bertz CT molecular complexity index is 537. The van der Waals surface area contributed by atoms with Gasteiger partial charge in [0.15, 0.2) is 5.13 Å². The van der Waals surface area contributed by atoms with E-state index >= 15 is 0 Å². The van der Waals surface area contributed by atoms with E-state index in [-0.39, 0.29) is 5.91 Å². The summed E-state index contributed by atoms with van der Waals surface area (Å²) < 4.78 is 5.21. The summed E-state index contributed by atoms with van der Waals surface area (Å²) in [4.78, 5) is 17.7. The van der Waals surface area contributed by atoms with Crippen LogP contribution in [0.5, 0.6) is 0 Å². The van der Waals surface area contributed by atoms with Crippen LogP contribution in [-0.2, 0) is 24.1 Å². The van der Waals surface area contributed by atoms with E-state index in [1.54, 1.807) is 17.6 Å². The first-order chi connectivity index (χ1) is 9.31. The summed E-state index contributed by atoms with van der Waals surface area (Å²) in [6, 6.07) is 3.72. The normalized spacial score (nSPS) is 14.1. The van der Waals surface area contributed by atoms with Gasteiger partial charge in [0.2, 0.25) is 5.91 Å². The molecule has 1 amide bonds. The quantitative estimate of drug-likeness (QED) is 0.933. The highest BCUT2D eigenvalue weighted by Crippen LogP contribution is 2.29. The monoisotopic (exact) mass is 276 g/mol. The fourth-order valence-electron chi connectivity index (χ4n) is 2.28. The highest BCUT2D eigenvalue weighted by molar-refractivity contribution is 7.15. The molecule has 0 saturated heterocycles. The number of amides is 1. The molecule has 0 saturated carbocycles. The molecule has 0 aliphatic heterocycles. The van der Waals surface area contributed by atoms with Crippen molar-refractivity contribution in [2.45, 2.75) is 38.5 Å². The van der Waals surface area contributed by atoms with Crippen molar-refractivity contribution >= 4 is 22.4 Å². The lowest BCUT2D eigenvalue weighted by Gasteiger charge is -2.06. The van der Waals surface area contributed by atoms with Crippen LogP contribution in [0.4, 0.5) is 5.13 Å². The van der Waals surface area contributed by atoms with Crippen LogP contribution in [0.2, 0.25) is 0 Å². The molecule has 0 spiro atoms. The molecule has 4 nitrogen and oxygen atoms in total. The van der Waals surface area contributed by atoms with Gasteiger partial charge in [-0.05, 0) is 37.8 Å². The Labute approximate surface area is 115 Å². The highest BCUT2D eigenvalue weighted by atomic mass is 32.1. The number of hydrogen-bond acceptors (Lipinski definition) is 4. The molecule has 5 heteroatoms. The number of furan rings is 1. The maximum atomic E-state index is 11.8. The lowest BCUT2D eigenvalue weighted by atomic mass is 10.0. The number of fused-ring (bicyclic) bond motifs is 1. The molecule has 3 rings (SSSR count). The highest BCUT2D eigenvalue weighted by Gasteiger charge is 2.16. The van der Waals surface area contributed by atoms with Gasteiger partial charge >= 0.3 is 0 Å². The maximum absolute atomic E-state index is 11.8. The summed E-state index contributed by atoms with van der Waals surface area (Å²) in [6.45, 7) is 0. The third-order valence-electron chi connectivity index (χ3n) is 3.27. The molecule has 19 heavy (non-hydrogen) atoms. The number of carbonyl (C=O) groups excluding carboxylic acids is 1. The fourth-order valence-corrected chi connectivity index (χ4v) is 3.34. The van der Waals surface area contributed by atoms with Crippen molar-refractivity contribution < 1.29 is 9.21 Å². The summed E-state index contributed by atoms with van der Waals surface area (Å²) in [5.41, 5.74) is 1.18. The summed E-state index contributed by atoms with van der Waals surface area (Å²) in [5.74, 6) is 0.844. The topological polar surface area (TPSA) is 55.1 Å². The van der Waals surface area contributed by atoms with Crippen molar-refractivity contribution in [1.82, 2.24) is 4.98 Å². The average Bonchev–Trinajstić information content (AvgIpc) is 3.04. The largest absolute Gasteiger partial charge is 0.469 e. The standard InChI is InChI=1S/C14H16N2O2S/c17-13(8-7-10-4-3-9-18-10)16-14-15-11-5-1-2-6-12(11)19-14/h3-4,9H,1-2,5-8H2,(H,15,16,17). The van der Waals surface area contributed by atoms with Gasteiger partial charge in [-0.15, -0.1) is 11.3 Å². The second-order valence-corrected chi connectivity index (χ2v) is 5.81. The summed E-state index contributed by atoms with van der Waals surface area (Å²) >= 11 is 1.62. The number of aryl methyl sites for hydroxylation is 3. The smallest absolute Gasteiger partial charge is 0.226 e. The number of hydrogen-bond donors (Lipinski definition) is 1. The van der Waals surface area contributed by atoms with Crippen molar-refractivity contribution in [3.05, 3.63) is 34.7 Å². The van der Waals surface area contributed by atoms with Crippen molar-refractivity contribution in [2.24, 2.45) is 0 Å². The van der Waals surface area contributed by atoms with Crippen LogP contribution in [0, 0.1) is 0 Å². The first kappa shape index (κ1) is 12.4. The number of rotatable bonds is 4. The molecule has 2 heterocycles. The van der Waals surface area contributed by atoms with Gasteiger partial charge in [0.05, 0.1) is 12.0 Å². The van der Waals surface area contributed by atoms with Gasteiger partial charge in [-0.1, -0.05) is 0 Å². The predicted octanol–water partition coefficient (Wildman–Crippen LogP) is 3.19. The number of carbonyl (C=O) groups is 1. The second kappa shape index (κ2) is 5.57. The van der Waals surface area contributed by atoms with Crippen molar-refractivity contribution in [2.75, 3.05) is 5.32 Å². The molecule has 0 bridgehead atoms. The van der Waals surface area contributed by atoms with Gasteiger partial charge in [-0.2, -0.15) is 0 Å². The zero-order valence-electron chi connectivity index (χ0n) is 10.6. The van der Waals surface area contributed by atoms with Crippen LogP contribution >= 0.6 is 11.3 Å². The molecule has 0 fully saturated rings. The van der Waals surface area contributed by atoms with E-state index in [9.17, 15) is 4.79 Å². The first-order valence-corrected chi connectivity index (χ1v) is 7.44. The van der Waals surface area contributed by atoms with E-state index in [2.05, 4.69) is 10.3 Å². The van der Waals surface area contributed by atoms with Gasteiger partial charge in [0, 0.05) is 17.7 Å². The van der Waals surface area contributed by atoms with Gasteiger partial charge < -0.3 is 9.73 Å². The van der Waals surface area contributed by atoms with Crippen molar-refractivity contribution in [3.63, 3.8) is 0 Å². The Balaban J connectivity index is 1.55. The first-order valence-electron chi connectivity index (χ1n) is 6.62. The molecular formula is C14H16N2O2S. The molecule has 2 aromatic rings. The zero-order chi connectivity index (χ0) is 13.1. The van der Waals surface area contributed by atoms with Gasteiger partial charge in [0.1, 0.15) is 5.76 Å². The molecule has 0 radical (unpaired) electrons. The van der Waals surface area contributed by atoms with Crippen molar-refractivity contribution in [3.8, 4) is 0 Å². The minimum atomic E-state index is 0.00231. The van der Waals surface area contributed by atoms with E-state index in [1.165, 1.54) is 23.4 Å². The van der Waals surface area contributed by atoms with E-state index in [0.717, 1.165) is 23.7 Å². The van der Waals surface area contributed by atoms with E-state index < -0.39 is 0 Å². The minimum Gasteiger partial charge on any atom is -0.469 e. The maximum Gasteiger partial charge on any atom is 0.226 e. The van der Waals surface area contributed by atoms with Crippen LogP contribution in [0.25, 0.3) is 0 Å². The molecule has 1 aliphatic rings. The van der Waals surface area contributed by atoms with Gasteiger partial charge in [-0.25, -0.2) is 4.98 Å². The Morgan fingerprint density at radius 2 is 2.32 bits per heavy atom. The lowest BCUT2D eigenvalue weighted by Crippen LogP contribution is -2.12. The van der Waals surface area contributed by atoms with Gasteiger partial charge in [-0.3, -0.25) is 4.79 Å². The van der Waals surface area contributed by atoms with E-state index in [4.69, 9.17) is 4.42 Å². The Hall–Kier alpha value is -1.62. The molecule has 1 N–H and O–H groups in total. The minimum absolute atomic E-state index is 0.00231. The van der Waals surface area contributed by atoms with E-state index in [0.29, 0.717) is 12.8 Å². The Morgan fingerprint density at radius 3 is 3.11 bits per heavy atom. The SMILES string of the molecule is O=C(CCc1ccco1)Nc1nc2c(s1)CCCC2. The average molecular weight is 276 g/mol. The molecule has 2 aromatic heterocycles. The molecule has 0 atom stereocenters. The summed E-state index contributed by atoms with van der Waals surface area (Å²) in [5, 5.41) is 3.63. The number of nitrogens with one attached hydrogen (secondary N) is 1. The van der Waals surface area contributed by atoms with Crippen LogP contribution < -0.4 is 5.32 Å². The predicted molar refractivity (Wildman–Crippen MR) is 74.4 cm³/mol. The number of thiazole rings is 1. The summed E-state index contributed by atoms with van der Waals surface area (Å²) in [7, 11) is 0. The van der Waals surface area contributed by atoms with Crippen molar-refractivity contribution in [1.29, 1.82) is 0 Å². The number of nitrogens with zero attached hydrogens (tertiary/aromatic N) is 1. The Morgan fingerprint density at radius 1 is 1.42 bits per heavy atom. The second-order valence-electron chi connectivity index (χ2n) is 4.72. The van der Waals surface area contributed by atoms with Crippen LogP contribution in [0.3, 0.4) is 0 Å². The van der Waals surface area contributed by atoms with E-state index in [1.807, 2.05) is 12.1 Å². The van der Waals surface area contributed by atoms with Crippen LogP contribution in [-0.4, -0.2) is 10.9 Å². The third kappa shape index (κ3) is 3.04. The summed E-state index contributed by atoms with van der Waals surface area (Å²) in [6.07, 6.45) is 7.29.